The molecule has 0 saturated heterocycles. The smallest absolute Gasteiger partial charge is 0.307 e. The molecule has 0 heterocycles. The van der Waals surface area contributed by atoms with Gasteiger partial charge in [-0.2, -0.15) is 0 Å². The number of rotatable bonds is 3. The summed E-state index contributed by atoms with van der Waals surface area (Å²) in [7, 11) is -3.75. The minimum atomic E-state index is -3.75. The van der Waals surface area contributed by atoms with E-state index in [1.807, 2.05) is 0 Å². The summed E-state index contributed by atoms with van der Waals surface area (Å²) in [5, 5.41) is 13.4. The van der Waals surface area contributed by atoms with Gasteiger partial charge in [0, 0.05) is 0 Å². The molecule has 1 aromatic rings. The van der Waals surface area contributed by atoms with Crippen molar-refractivity contribution < 1.29 is 18.3 Å². The summed E-state index contributed by atoms with van der Waals surface area (Å²) >= 11 is 0. The first kappa shape index (κ1) is 10.7. The van der Waals surface area contributed by atoms with Crippen molar-refractivity contribution in [1.29, 1.82) is 0 Å². The molecule has 3 N–H and O–H groups in total. The van der Waals surface area contributed by atoms with Crippen molar-refractivity contribution in [3.05, 3.63) is 29.8 Å². The molecule has 1 rings (SSSR count). The molecule has 0 aliphatic heterocycles. The van der Waals surface area contributed by atoms with Crippen LogP contribution >= 0.6 is 0 Å². The Kier molecular flexibility index (Phi) is 2.87. The van der Waals surface area contributed by atoms with Gasteiger partial charge in [0.1, 0.15) is 0 Å². The molecule has 0 spiro atoms. The fourth-order valence-corrected chi connectivity index (χ4v) is 1.59. The summed E-state index contributed by atoms with van der Waals surface area (Å²) in [5.41, 5.74) is 0.407. The molecule has 0 bridgehead atoms. The number of nitrogens with two attached hydrogens (primary N) is 1. The molecular weight excluding hydrogens is 206 g/mol. The Hall–Kier alpha value is -1.40. The lowest BCUT2D eigenvalue weighted by Gasteiger charge is -2.00. The number of hydrogen-bond donors (Lipinski definition) is 2. The average Bonchev–Trinajstić information content (AvgIpc) is 2.01. The van der Waals surface area contributed by atoms with E-state index in [0.29, 0.717) is 5.56 Å². The fraction of sp³-hybridized carbons (Fsp3) is 0.125. The van der Waals surface area contributed by atoms with Crippen molar-refractivity contribution in [3.63, 3.8) is 0 Å². The van der Waals surface area contributed by atoms with Gasteiger partial charge in [-0.05, 0) is 17.7 Å². The number of sulfonamides is 1. The second-order valence-electron chi connectivity index (χ2n) is 2.76. The molecule has 1 aromatic carbocycles. The third-order valence-electron chi connectivity index (χ3n) is 1.58. The number of carboxylic acid groups (broad SMARTS) is 1. The zero-order valence-corrected chi connectivity index (χ0v) is 7.99. The molecule has 5 nitrogen and oxygen atoms in total. The first-order chi connectivity index (χ1) is 6.39. The molecule has 76 valence electrons. The molecule has 6 heteroatoms. The monoisotopic (exact) mass is 215 g/mol. The molecule has 0 unspecified atom stereocenters. The molecule has 0 aromatic heterocycles. The second kappa shape index (κ2) is 3.77. The lowest BCUT2D eigenvalue weighted by molar-refractivity contribution is -0.136. The third-order valence-corrected chi connectivity index (χ3v) is 2.49. The van der Waals surface area contributed by atoms with Crippen LogP contribution in [0.1, 0.15) is 5.56 Å². The van der Waals surface area contributed by atoms with Gasteiger partial charge in [-0.3, -0.25) is 4.79 Å². The van der Waals surface area contributed by atoms with Crippen LogP contribution in [-0.4, -0.2) is 19.5 Å². The third kappa shape index (κ3) is 2.82. The summed E-state index contributed by atoms with van der Waals surface area (Å²) in [5.74, 6) is -1.02. The van der Waals surface area contributed by atoms with E-state index in [1.165, 1.54) is 24.3 Å². The quantitative estimate of drug-likeness (QED) is 0.739. The zero-order valence-electron chi connectivity index (χ0n) is 7.17. The Balaban J connectivity index is 3.08. The second-order valence-corrected chi connectivity index (χ2v) is 4.32. The van der Waals surface area contributed by atoms with Gasteiger partial charge in [0.15, 0.2) is 0 Å². The maximum absolute atomic E-state index is 10.9. The van der Waals surface area contributed by atoms with Crippen LogP contribution in [0.4, 0.5) is 0 Å². The first-order valence-electron chi connectivity index (χ1n) is 3.73. The Morgan fingerprint density at radius 2 is 2.07 bits per heavy atom. The van der Waals surface area contributed by atoms with Crippen LogP contribution in [0.3, 0.4) is 0 Å². The highest BCUT2D eigenvalue weighted by atomic mass is 32.2. The van der Waals surface area contributed by atoms with Gasteiger partial charge in [0.25, 0.3) is 0 Å². The molecule has 0 atom stereocenters. The molecule has 0 saturated carbocycles. The van der Waals surface area contributed by atoms with Gasteiger partial charge in [0.05, 0.1) is 11.3 Å². The maximum atomic E-state index is 10.9. The van der Waals surface area contributed by atoms with Crippen LogP contribution in [-0.2, 0) is 21.2 Å². The number of carboxylic acids is 1. The van der Waals surface area contributed by atoms with E-state index in [2.05, 4.69) is 0 Å². The highest BCUT2D eigenvalue weighted by Crippen LogP contribution is 2.10. The Morgan fingerprint density at radius 1 is 1.43 bits per heavy atom. The van der Waals surface area contributed by atoms with Crippen molar-refractivity contribution in [2.24, 2.45) is 5.14 Å². The SMILES string of the molecule is NS(=O)(=O)c1cccc(CC(=O)O)c1. The highest BCUT2D eigenvalue weighted by Gasteiger charge is 2.08. The predicted molar refractivity (Wildman–Crippen MR) is 49.2 cm³/mol. The van der Waals surface area contributed by atoms with E-state index < -0.39 is 16.0 Å². The molecule has 0 aliphatic rings. The van der Waals surface area contributed by atoms with E-state index in [4.69, 9.17) is 10.2 Å². The minimum Gasteiger partial charge on any atom is -0.481 e. The van der Waals surface area contributed by atoms with Crippen LogP contribution in [0.15, 0.2) is 29.2 Å². The van der Waals surface area contributed by atoms with E-state index in [-0.39, 0.29) is 11.3 Å². The number of benzene rings is 1. The topological polar surface area (TPSA) is 97.5 Å². The van der Waals surface area contributed by atoms with Crippen molar-refractivity contribution >= 4 is 16.0 Å². The van der Waals surface area contributed by atoms with Crippen molar-refractivity contribution in [1.82, 2.24) is 0 Å². The van der Waals surface area contributed by atoms with Gasteiger partial charge >= 0.3 is 5.97 Å². The Bertz CT molecular complexity index is 452. The van der Waals surface area contributed by atoms with Crippen LogP contribution in [0, 0.1) is 0 Å². The number of aliphatic carboxylic acids is 1. The maximum Gasteiger partial charge on any atom is 0.307 e. The Labute approximate surface area is 81.2 Å². The van der Waals surface area contributed by atoms with Crippen LogP contribution in [0.25, 0.3) is 0 Å². The number of primary sulfonamides is 1. The van der Waals surface area contributed by atoms with Gasteiger partial charge < -0.3 is 5.11 Å². The fourth-order valence-electron chi connectivity index (χ4n) is 1.01. The number of carbonyl (C=O) groups is 1. The summed E-state index contributed by atoms with van der Waals surface area (Å²) in [6.45, 7) is 0. The van der Waals surface area contributed by atoms with Crippen molar-refractivity contribution in [2.45, 2.75) is 11.3 Å². The zero-order chi connectivity index (χ0) is 10.8. The molecule has 0 radical (unpaired) electrons. The van der Waals surface area contributed by atoms with E-state index >= 15 is 0 Å². The first-order valence-corrected chi connectivity index (χ1v) is 5.28. The van der Waals surface area contributed by atoms with E-state index in [1.54, 1.807) is 0 Å². The van der Waals surface area contributed by atoms with Crippen LogP contribution in [0.2, 0.25) is 0 Å². The molecule has 14 heavy (non-hydrogen) atoms. The van der Waals surface area contributed by atoms with Crippen LogP contribution < -0.4 is 5.14 Å². The predicted octanol–water partition coefficient (Wildman–Crippen LogP) is -0.0389. The summed E-state index contributed by atoms with van der Waals surface area (Å²) < 4.78 is 21.8. The van der Waals surface area contributed by atoms with E-state index in [9.17, 15) is 13.2 Å². The lowest BCUT2D eigenvalue weighted by Crippen LogP contribution is -2.12. The largest absolute Gasteiger partial charge is 0.481 e. The van der Waals surface area contributed by atoms with Crippen molar-refractivity contribution in [3.8, 4) is 0 Å². The number of hydrogen-bond acceptors (Lipinski definition) is 3. The van der Waals surface area contributed by atoms with Gasteiger partial charge in [-0.15, -0.1) is 0 Å². The van der Waals surface area contributed by atoms with Gasteiger partial charge in [-0.25, -0.2) is 13.6 Å². The summed E-state index contributed by atoms with van der Waals surface area (Å²) in [4.78, 5) is 10.3. The van der Waals surface area contributed by atoms with E-state index in [0.717, 1.165) is 0 Å². The summed E-state index contributed by atoms with van der Waals surface area (Å²) in [6, 6.07) is 5.56. The lowest BCUT2D eigenvalue weighted by atomic mass is 10.2. The molecular formula is C8H9NO4S. The Morgan fingerprint density at radius 3 is 2.57 bits per heavy atom. The van der Waals surface area contributed by atoms with Gasteiger partial charge in [0.2, 0.25) is 10.0 Å². The molecule has 0 amide bonds. The molecule has 0 fully saturated rings. The minimum absolute atomic E-state index is 0.0729. The van der Waals surface area contributed by atoms with Crippen LogP contribution in [0.5, 0.6) is 0 Å². The van der Waals surface area contributed by atoms with Gasteiger partial charge in [-0.1, -0.05) is 12.1 Å². The standard InChI is InChI=1S/C8H9NO4S/c9-14(12,13)7-3-1-2-6(4-7)5-8(10)11/h1-4H,5H2,(H,10,11)(H2,9,12,13). The normalized spacial score (nSPS) is 11.2. The summed E-state index contributed by atoms with van der Waals surface area (Å²) in [6.07, 6.45) is -0.219. The average molecular weight is 215 g/mol. The highest BCUT2D eigenvalue weighted by molar-refractivity contribution is 7.89. The van der Waals surface area contributed by atoms with Crippen molar-refractivity contribution in [2.75, 3.05) is 0 Å². The molecule has 0 aliphatic carbocycles.